The lowest BCUT2D eigenvalue weighted by atomic mass is 9.92. The molecule has 0 aliphatic carbocycles. The summed E-state index contributed by atoms with van der Waals surface area (Å²) in [6.45, 7) is 4.30. The van der Waals surface area contributed by atoms with Gasteiger partial charge < -0.3 is 5.11 Å². The molecule has 0 fully saturated rings. The van der Waals surface area contributed by atoms with Gasteiger partial charge in [0.05, 0.1) is 12.2 Å². The van der Waals surface area contributed by atoms with Crippen molar-refractivity contribution in [2.75, 3.05) is 0 Å². The Bertz CT molecular complexity index is 4040. The van der Waals surface area contributed by atoms with Crippen LogP contribution >= 0.6 is 0 Å². The maximum absolute atomic E-state index is 9.78. The van der Waals surface area contributed by atoms with Gasteiger partial charge in [-0.05, 0) is 117 Å². The van der Waals surface area contributed by atoms with Crippen molar-refractivity contribution < 1.29 is 9.67 Å². The van der Waals surface area contributed by atoms with Gasteiger partial charge in [-0.1, -0.05) is 181 Å². The van der Waals surface area contributed by atoms with Crippen molar-refractivity contribution in [2.45, 2.75) is 20.5 Å². The second-order valence-electron chi connectivity index (χ2n) is 18.0. The van der Waals surface area contributed by atoms with Gasteiger partial charge in [0, 0.05) is 21.5 Å². The zero-order chi connectivity index (χ0) is 44.8. The van der Waals surface area contributed by atoms with E-state index in [0.29, 0.717) is 0 Å². The summed E-state index contributed by atoms with van der Waals surface area (Å²) >= 11 is 0. The van der Waals surface area contributed by atoms with Gasteiger partial charge in [0.15, 0.2) is 11.0 Å². The summed E-state index contributed by atoms with van der Waals surface area (Å²) in [6, 6.07) is 77.4. The molecular weight excluding hydrogens is 815 g/mol. The van der Waals surface area contributed by atoms with E-state index in [1.54, 1.807) is 0 Å². The van der Waals surface area contributed by atoms with Crippen LogP contribution in [0.15, 0.2) is 212 Å². The summed E-state index contributed by atoms with van der Waals surface area (Å²) in [5.74, 6) is 1.04. The highest BCUT2D eigenvalue weighted by molar-refractivity contribution is 6.32. The zero-order valence-electron chi connectivity index (χ0n) is 37.2. The molecular formula is C63H44N3O+. The highest BCUT2D eigenvalue weighted by Crippen LogP contribution is 2.44. The van der Waals surface area contributed by atoms with E-state index >= 15 is 0 Å². The molecule has 13 aromatic rings. The van der Waals surface area contributed by atoms with Gasteiger partial charge in [-0.25, -0.2) is 4.98 Å². The molecule has 0 unspecified atom stereocenters. The lowest BCUT2D eigenvalue weighted by molar-refractivity contribution is -0.541. The first kappa shape index (κ1) is 39.0. The third-order valence-electron chi connectivity index (χ3n) is 13.9. The van der Waals surface area contributed by atoms with Crippen LogP contribution in [0.25, 0.3) is 121 Å². The van der Waals surface area contributed by atoms with Crippen molar-refractivity contribution >= 4 is 65.3 Å². The van der Waals surface area contributed by atoms with Crippen LogP contribution in [0.1, 0.15) is 16.7 Å². The Morgan fingerprint density at radius 3 is 1.63 bits per heavy atom. The fourth-order valence-electron chi connectivity index (χ4n) is 10.5. The van der Waals surface area contributed by atoms with Crippen molar-refractivity contribution in [1.82, 2.24) is 9.55 Å². The fourth-order valence-corrected chi connectivity index (χ4v) is 10.5. The van der Waals surface area contributed by atoms with Crippen LogP contribution in [0.4, 0.5) is 0 Å². The van der Waals surface area contributed by atoms with Gasteiger partial charge in [0.2, 0.25) is 0 Å². The molecule has 0 saturated heterocycles. The molecule has 0 saturated carbocycles. The van der Waals surface area contributed by atoms with E-state index in [2.05, 4.69) is 223 Å². The third kappa shape index (κ3) is 6.25. The van der Waals surface area contributed by atoms with Crippen LogP contribution in [0.3, 0.4) is 0 Å². The number of aromatic nitrogens is 3. The third-order valence-corrected chi connectivity index (χ3v) is 13.9. The van der Waals surface area contributed by atoms with Gasteiger partial charge in [-0.2, -0.15) is 9.13 Å². The fraction of sp³-hybridized carbons (Fsp3) is 0.0476. The Kier molecular flexibility index (Phi) is 8.92. The summed E-state index contributed by atoms with van der Waals surface area (Å²) in [5.41, 5.74) is 18.7. The molecule has 0 spiro atoms. The number of hydrogen-bond acceptors (Lipinski definition) is 2. The van der Waals surface area contributed by atoms with Crippen LogP contribution in [0.2, 0.25) is 0 Å². The second kappa shape index (κ2) is 15.3. The molecule has 0 bridgehead atoms. The summed E-state index contributed by atoms with van der Waals surface area (Å²) < 4.78 is 5.00. The molecule has 4 heteroatoms. The number of nitrogens with zero attached hydrogens (tertiary/aromatic N) is 3. The molecule has 0 amide bonds. The van der Waals surface area contributed by atoms with Crippen molar-refractivity contribution in [3.05, 3.63) is 229 Å². The monoisotopic (exact) mass is 858 g/mol. The molecule has 11 aromatic carbocycles. The minimum absolute atomic E-state index is 0.0195. The molecule has 13 rings (SSSR count). The number of rotatable bonds is 7. The van der Waals surface area contributed by atoms with Gasteiger partial charge in [-0.3, -0.25) is 0 Å². The number of para-hydroxylation sites is 2. The lowest BCUT2D eigenvalue weighted by Crippen LogP contribution is -2.36. The average Bonchev–Trinajstić information content (AvgIpc) is 3.72. The van der Waals surface area contributed by atoms with Gasteiger partial charge >= 0.3 is 5.82 Å². The number of aliphatic hydroxyl groups is 1. The van der Waals surface area contributed by atoms with E-state index in [9.17, 15) is 5.11 Å². The molecule has 0 atom stereocenters. The Morgan fingerprint density at radius 2 is 0.985 bits per heavy atom. The van der Waals surface area contributed by atoms with E-state index in [4.69, 9.17) is 4.98 Å². The Balaban J connectivity index is 1.20. The van der Waals surface area contributed by atoms with Crippen LogP contribution in [-0.2, 0) is 6.61 Å². The Morgan fingerprint density at radius 1 is 0.463 bits per heavy atom. The molecule has 4 nitrogen and oxygen atoms in total. The average molecular weight is 859 g/mol. The van der Waals surface area contributed by atoms with E-state index in [1.807, 2.05) is 12.1 Å². The lowest BCUT2D eigenvalue weighted by Gasteiger charge is -2.17. The van der Waals surface area contributed by atoms with Gasteiger partial charge in [-0.15, -0.1) is 0 Å². The van der Waals surface area contributed by atoms with E-state index in [0.717, 1.165) is 88.6 Å². The number of fused-ring (bicyclic) bond motifs is 5. The van der Waals surface area contributed by atoms with Gasteiger partial charge in [0.1, 0.15) is 22.2 Å². The molecule has 316 valence electrons. The maximum atomic E-state index is 9.78. The first-order chi connectivity index (χ1) is 33.0. The van der Waals surface area contributed by atoms with Crippen LogP contribution in [0.5, 0.6) is 0 Å². The summed E-state index contributed by atoms with van der Waals surface area (Å²) in [5, 5.41) is 18.1. The first-order valence-electron chi connectivity index (χ1n) is 23.0. The Labute approximate surface area is 388 Å². The number of aliphatic hydroxyl groups excluding tert-OH is 1. The molecule has 0 radical (unpaired) electrons. The molecule has 67 heavy (non-hydrogen) atoms. The minimum Gasteiger partial charge on any atom is -0.392 e. The number of benzene rings is 11. The van der Waals surface area contributed by atoms with E-state index in [-0.39, 0.29) is 6.61 Å². The number of hydrogen-bond donors (Lipinski definition) is 1. The topological polar surface area (TPSA) is 41.9 Å². The standard InChI is InChI=1S/C63H44N3O/c1-39-13-19-42(20-14-39)44-25-27-49(28-26-44)60-54-37-50(46-21-15-40(2)16-22-46)33-36-56(54)65(51-34-31-45(32-35-51)43-23-17-41(38-67)18-24-43)63(60)66-57-12-4-3-11-55(57)64-61-52-9-5-7-47-29-30-48-8-6-10-53(62(61)66)59(48)58(47)52/h3-37,67H,38H2,1-2H3/q+1. The minimum atomic E-state index is 0.0195. The van der Waals surface area contributed by atoms with Crippen LogP contribution in [0, 0.1) is 13.8 Å². The smallest absolute Gasteiger partial charge is 0.301 e. The molecule has 0 aliphatic rings. The maximum Gasteiger partial charge on any atom is 0.301 e. The predicted molar refractivity (Wildman–Crippen MR) is 278 cm³/mol. The predicted octanol–water partition coefficient (Wildman–Crippen LogP) is 15.3. The Hall–Kier alpha value is -8.44. The van der Waals surface area contributed by atoms with E-state index < -0.39 is 0 Å². The van der Waals surface area contributed by atoms with Crippen molar-refractivity contribution in [3.63, 3.8) is 0 Å². The molecule has 2 heterocycles. The SMILES string of the molecule is Cc1ccc(-c2ccc(-c3c(-[n+]4c5ccccc5nc5c6cccc7ccc8cccc(c8c76)c54)n(-c4ccc(-c5ccc(CO)cc5)cc4)c4ccc(-c5ccc(C)cc5)cc34)cc2)cc1. The highest BCUT2D eigenvalue weighted by Gasteiger charge is 2.34. The summed E-state index contributed by atoms with van der Waals surface area (Å²) in [7, 11) is 0. The molecule has 0 aliphatic heterocycles. The van der Waals surface area contributed by atoms with E-state index in [1.165, 1.54) is 49.4 Å². The van der Waals surface area contributed by atoms with Crippen LogP contribution < -0.4 is 4.57 Å². The first-order valence-corrected chi connectivity index (χ1v) is 23.0. The molecule has 2 aromatic heterocycles. The quantitative estimate of drug-likeness (QED) is 0.0985. The van der Waals surface area contributed by atoms with Crippen molar-refractivity contribution in [1.29, 1.82) is 0 Å². The van der Waals surface area contributed by atoms with Gasteiger partial charge in [0.25, 0.3) is 0 Å². The van der Waals surface area contributed by atoms with Crippen LogP contribution in [-0.4, -0.2) is 14.7 Å². The normalized spacial score (nSPS) is 11.9. The highest BCUT2D eigenvalue weighted by atomic mass is 16.3. The number of aryl methyl sites for hydroxylation is 2. The summed E-state index contributed by atoms with van der Waals surface area (Å²) in [6.07, 6.45) is 0. The van der Waals surface area contributed by atoms with Crippen molar-refractivity contribution in [2.24, 2.45) is 0 Å². The largest absolute Gasteiger partial charge is 0.392 e. The zero-order valence-corrected chi connectivity index (χ0v) is 37.2. The molecule has 1 N–H and O–H groups in total. The second-order valence-corrected chi connectivity index (χ2v) is 18.0. The summed E-state index contributed by atoms with van der Waals surface area (Å²) in [4.78, 5) is 5.60. The van der Waals surface area contributed by atoms with Crippen molar-refractivity contribution in [3.8, 4) is 56.0 Å².